The molecule has 1 heterocycles. The third kappa shape index (κ3) is 2.77. The quantitative estimate of drug-likeness (QED) is 0.610. The molecule has 0 aromatic carbocycles. The molecule has 0 aliphatic heterocycles. The van der Waals surface area contributed by atoms with Crippen LogP contribution in [0.1, 0.15) is 24.4 Å². The molecule has 0 N–H and O–H groups in total. The third-order valence-electron chi connectivity index (χ3n) is 1.19. The second kappa shape index (κ2) is 5.18. The standard InChI is InChI=1S/C6H7NO4.C2H6/c1-7-5(8)3-4(11-7)6(9)10-2;1-2/h3H,1-2H3;1-2H3. The van der Waals surface area contributed by atoms with E-state index in [2.05, 4.69) is 4.74 Å². The monoisotopic (exact) mass is 187 g/mol. The van der Waals surface area contributed by atoms with Crippen LogP contribution in [0.2, 0.25) is 0 Å². The van der Waals surface area contributed by atoms with Crippen LogP contribution < -0.4 is 5.56 Å². The van der Waals surface area contributed by atoms with E-state index in [-0.39, 0.29) is 11.3 Å². The first-order valence-corrected chi connectivity index (χ1v) is 3.91. The predicted octanol–water partition coefficient (Wildman–Crippen LogP) is 0.791. The van der Waals surface area contributed by atoms with Crippen LogP contribution in [0.5, 0.6) is 0 Å². The average molecular weight is 187 g/mol. The summed E-state index contributed by atoms with van der Waals surface area (Å²) in [6, 6.07) is 1.08. The first kappa shape index (κ1) is 11.5. The Labute approximate surface area is 75.9 Å². The smallest absolute Gasteiger partial charge is 0.376 e. The maximum absolute atomic E-state index is 10.7. The van der Waals surface area contributed by atoms with Gasteiger partial charge < -0.3 is 9.26 Å². The highest BCUT2D eigenvalue weighted by molar-refractivity contribution is 5.85. The van der Waals surface area contributed by atoms with Crippen molar-refractivity contribution in [3.63, 3.8) is 0 Å². The highest BCUT2D eigenvalue weighted by atomic mass is 16.6. The van der Waals surface area contributed by atoms with Crippen LogP contribution in [0.4, 0.5) is 0 Å². The maximum atomic E-state index is 10.7. The number of rotatable bonds is 1. The summed E-state index contributed by atoms with van der Waals surface area (Å²) in [5.74, 6) is -0.734. The van der Waals surface area contributed by atoms with E-state index >= 15 is 0 Å². The van der Waals surface area contributed by atoms with Crippen molar-refractivity contribution in [3.8, 4) is 0 Å². The molecule has 1 rings (SSSR count). The second-order valence-electron chi connectivity index (χ2n) is 1.93. The van der Waals surface area contributed by atoms with E-state index in [1.807, 2.05) is 13.8 Å². The summed E-state index contributed by atoms with van der Waals surface area (Å²) in [6.07, 6.45) is 0. The first-order valence-electron chi connectivity index (χ1n) is 3.91. The van der Waals surface area contributed by atoms with E-state index in [1.54, 1.807) is 0 Å². The van der Waals surface area contributed by atoms with Gasteiger partial charge in [0.1, 0.15) is 0 Å². The van der Waals surface area contributed by atoms with Gasteiger partial charge in [-0.15, -0.1) is 0 Å². The zero-order chi connectivity index (χ0) is 10.4. The molecule has 0 fully saturated rings. The first-order chi connectivity index (χ1) is 6.15. The van der Waals surface area contributed by atoms with Crippen molar-refractivity contribution in [2.45, 2.75) is 13.8 Å². The molecule has 0 saturated heterocycles. The van der Waals surface area contributed by atoms with E-state index in [0.29, 0.717) is 0 Å². The Hall–Kier alpha value is -1.52. The van der Waals surface area contributed by atoms with Gasteiger partial charge >= 0.3 is 5.97 Å². The third-order valence-corrected chi connectivity index (χ3v) is 1.19. The molecule has 1 aromatic heterocycles. The van der Waals surface area contributed by atoms with Gasteiger partial charge in [0.25, 0.3) is 5.56 Å². The number of ether oxygens (including phenoxy) is 1. The average Bonchev–Trinajstić information content (AvgIpc) is 2.49. The lowest BCUT2D eigenvalue weighted by molar-refractivity contribution is 0.0541. The van der Waals surface area contributed by atoms with Crippen LogP contribution in [-0.4, -0.2) is 17.8 Å². The molecule has 0 spiro atoms. The Balaban J connectivity index is 0.000000671. The molecular weight excluding hydrogens is 174 g/mol. The molecule has 5 nitrogen and oxygen atoms in total. The van der Waals surface area contributed by atoms with Crippen LogP contribution in [-0.2, 0) is 11.8 Å². The Morgan fingerprint density at radius 3 is 2.38 bits per heavy atom. The molecule has 0 bridgehead atoms. The van der Waals surface area contributed by atoms with Gasteiger partial charge in [0.05, 0.1) is 13.2 Å². The van der Waals surface area contributed by atoms with Crippen molar-refractivity contribution in [1.29, 1.82) is 0 Å². The molecule has 0 atom stereocenters. The van der Waals surface area contributed by atoms with E-state index < -0.39 is 5.97 Å². The zero-order valence-electron chi connectivity index (χ0n) is 8.16. The summed E-state index contributed by atoms with van der Waals surface area (Å²) in [7, 11) is 2.63. The number of aromatic nitrogens is 1. The topological polar surface area (TPSA) is 61.4 Å². The molecule has 0 saturated carbocycles. The predicted molar refractivity (Wildman–Crippen MR) is 46.6 cm³/mol. The van der Waals surface area contributed by atoms with Crippen molar-refractivity contribution in [2.24, 2.45) is 7.05 Å². The number of esters is 1. The number of nitrogens with zero attached hydrogens (tertiary/aromatic N) is 1. The van der Waals surface area contributed by atoms with Gasteiger partial charge in [-0.1, -0.05) is 13.8 Å². The van der Waals surface area contributed by atoms with Gasteiger partial charge in [0.2, 0.25) is 5.76 Å². The minimum atomic E-state index is -0.650. The van der Waals surface area contributed by atoms with Gasteiger partial charge in [-0.05, 0) is 0 Å². The lowest BCUT2D eigenvalue weighted by atomic mass is 10.5. The molecular formula is C8H13NO4. The fraction of sp³-hybridized carbons (Fsp3) is 0.500. The van der Waals surface area contributed by atoms with Crippen molar-refractivity contribution in [1.82, 2.24) is 4.74 Å². The Bertz CT molecular complexity index is 323. The molecule has 74 valence electrons. The van der Waals surface area contributed by atoms with Gasteiger partial charge in [-0.25, -0.2) is 4.79 Å². The maximum Gasteiger partial charge on any atom is 0.376 e. The highest BCUT2D eigenvalue weighted by Gasteiger charge is 2.11. The fourth-order valence-corrected chi connectivity index (χ4v) is 0.619. The lowest BCUT2D eigenvalue weighted by Crippen LogP contribution is -2.07. The van der Waals surface area contributed by atoms with Crippen LogP contribution >= 0.6 is 0 Å². The van der Waals surface area contributed by atoms with Crippen molar-refractivity contribution in [3.05, 3.63) is 22.2 Å². The number of hydrogen-bond donors (Lipinski definition) is 0. The summed E-state index contributed by atoms with van der Waals surface area (Å²) >= 11 is 0. The van der Waals surface area contributed by atoms with E-state index in [9.17, 15) is 9.59 Å². The molecule has 0 unspecified atom stereocenters. The van der Waals surface area contributed by atoms with Gasteiger partial charge in [0, 0.05) is 7.05 Å². The number of aryl methyl sites for hydroxylation is 1. The number of hydrogen-bond acceptors (Lipinski definition) is 4. The number of methoxy groups -OCH3 is 1. The molecule has 13 heavy (non-hydrogen) atoms. The Kier molecular flexibility index (Phi) is 4.58. The Morgan fingerprint density at radius 2 is 2.08 bits per heavy atom. The van der Waals surface area contributed by atoms with Crippen molar-refractivity contribution in [2.75, 3.05) is 7.11 Å². The fourth-order valence-electron chi connectivity index (χ4n) is 0.619. The van der Waals surface area contributed by atoms with E-state index in [4.69, 9.17) is 4.52 Å². The minimum Gasteiger partial charge on any atom is -0.463 e. The summed E-state index contributed by atoms with van der Waals surface area (Å²) < 4.78 is 9.97. The Morgan fingerprint density at radius 1 is 1.54 bits per heavy atom. The van der Waals surface area contributed by atoms with Crippen LogP contribution in [0.25, 0.3) is 0 Å². The molecule has 0 aliphatic rings. The van der Waals surface area contributed by atoms with Crippen molar-refractivity contribution >= 4 is 5.97 Å². The van der Waals surface area contributed by atoms with Gasteiger partial charge in [0.15, 0.2) is 0 Å². The normalized spacial score (nSPS) is 8.62. The number of carbonyl (C=O) groups excluding carboxylic acids is 1. The van der Waals surface area contributed by atoms with Gasteiger partial charge in [-0.3, -0.25) is 4.79 Å². The summed E-state index contributed by atoms with van der Waals surface area (Å²) in [5.41, 5.74) is -0.370. The molecule has 5 heteroatoms. The van der Waals surface area contributed by atoms with Crippen LogP contribution in [0, 0.1) is 0 Å². The molecule has 0 amide bonds. The zero-order valence-corrected chi connectivity index (χ0v) is 8.16. The summed E-state index contributed by atoms with van der Waals surface area (Å²) in [5, 5.41) is 0. The van der Waals surface area contributed by atoms with Crippen molar-refractivity contribution < 1.29 is 14.1 Å². The van der Waals surface area contributed by atoms with Crippen LogP contribution in [0.3, 0.4) is 0 Å². The van der Waals surface area contributed by atoms with E-state index in [1.165, 1.54) is 14.2 Å². The molecule has 0 aliphatic carbocycles. The van der Waals surface area contributed by atoms with Crippen LogP contribution in [0.15, 0.2) is 15.4 Å². The summed E-state index contributed by atoms with van der Waals surface area (Å²) in [6.45, 7) is 4.00. The minimum absolute atomic E-state index is 0.0833. The SMILES string of the molecule is CC.COC(=O)c1cc(=O)n(C)o1. The molecule has 0 radical (unpaired) electrons. The van der Waals surface area contributed by atoms with Gasteiger partial charge in [-0.2, -0.15) is 4.74 Å². The van der Waals surface area contributed by atoms with E-state index in [0.717, 1.165) is 10.8 Å². The number of carbonyl (C=O) groups is 1. The molecule has 1 aromatic rings. The largest absolute Gasteiger partial charge is 0.463 e. The second-order valence-corrected chi connectivity index (χ2v) is 1.93. The lowest BCUT2D eigenvalue weighted by Gasteiger charge is -1.90. The summed E-state index contributed by atoms with van der Waals surface area (Å²) in [4.78, 5) is 21.4. The highest BCUT2D eigenvalue weighted by Crippen LogP contribution is 1.95.